The first-order chi connectivity index (χ1) is 22.6. The number of carbonyl (C=O) groups excluding carboxylic acids is 2. The molecule has 0 fully saturated rings. The molecule has 0 aromatic heterocycles. The number of carbonyl (C=O) groups is 2. The van der Waals surface area contributed by atoms with E-state index in [1.54, 1.807) is 0 Å². The van der Waals surface area contributed by atoms with Crippen molar-refractivity contribution in [1.82, 2.24) is 0 Å². The molecule has 1 N–H and O–H groups in total. The molecule has 0 unspecified atom stereocenters. The van der Waals surface area contributed by atoms with Crippen LogP contribution < -0.4 is 0 Å². The molecule has 0 aromatic carbocycles. The summed E-state index contributed by atoms with van der Waals surface area (Å²) in [7, 11) is 0. The van der Waals surface area contributed by atoms with Crippen LogP contribution in [0.4, 0.5) is 0 Å². The third kappa shape index (κ3) is 35.2. The molecule has 0 amide bonds. The topological polar surface area (TPSA) is 72.8 Å². The second kappa shape index (κ2) is 37.8. The molecule has 0 aromatic rings. The van der Waals surface area contributed by atoms with E-state index in [4.69, 9.17) is 9.47 Å². The molecule has 0 radical (unpaired) electrons. The summed E-state index contributed by atoms with van der Waals surface area (Å²) in [6, 6.07) is 0. The van der Waals surface area contributed by atoms with E-state index < -0.39 is 6.10 Å². The summed E-state index contributed by atoms with van der Waals surface area (Å²) in [5, 5.41) is 9.54. The fraction of sp³-hybridized carbons (Fsp3) is 0.854. The smallest absolute Gasteiger partial charge is 0.306 e. The number of aliphatic hydroxyl groups excluding tert-OH is 1. The Morgan fingerprint density at radius 1 is 0.478 bits per heavy atom. The molecule has 0 spiro atoms. The highest BCUT2D eigenvalue weighted by atomic mass is 16.6. The average molecular weight is 649 g/mol. The van der Waals surface area contributed by atoms with Gasteiger partial charge in [0, 0.05) is 12.8 Å². The normalized spacial score (nSPS) is 12.3. The van der Waals surface area contributed by atoms with Gasteiger partial charge in [-0.1, -0.05) is 154 Å². The Morgan fingerprint density at radius 3 is 1.20 bits per heavy atom. The Bertz CT molecular complexity index is 701. The monoisotopic (exact) mass is 649 g/mol. The van der Waals surface area contributed by atoms with Gasteiger partial charge >= 0.3 is 11.9 Å². The third-order valence-electron chi connectivity index (χ3n) is 8.72. The van der Waals surface area contributed by atoms with Gasteiger partial charge in [0.15, 0.2) is 6.10 Å². The van der Waals surface area contributed by atoms with Gasteiger partial charge in [0.2, 0.25) is 0 Å². The van der Waals surface area contributed by atoms with E-state index in [9.17, 15) is 14.7 Å². The van der Waals surface area contributed by atoms with Gasteiger partial charge in [0.05, 0.1) is 6.61 Å². The van der Waals surface area contributed by atoms with Gasteiger partial charge in [-0.15, -0.1) is 0 Å². The van der Waals surface area contributed by atoms with Crippen molar-refractivity contribution in [2.75, 3.05) is 13.2 Å². The molecule has 0 saturated heterocycles. The van der Waals surface area contributed by atoms with Crippen LogP contribution in [0.5, 0.6) is 0 Å². The molecule has 270 valence electrons. The Kier molecular flexibility index (Phi) is 36.5. The van der Waals surface area contributed by atoms with Crippen LogP contribution in [0.3, 0.4) is 0 Å². The van der Waals surface area contributed by atoms with E-state index >= 15 is 0 Å². The summed E-state index contributed by atoms with van der Waals surface area (Å²) in [6.07, 6.45) is 43.8. The lowest BCUT2D eigenvalue weighted by Gasteiger charge is -2.15. The molecule has 1 atom stereocenters. The largest absolute Gasteiger partial charge is 0.462 e. The fourth-order valence-corrected chi connectivity index (χ4v) is 5.66. The fourth-order valence-electron chi connectivity index (χ4n) is 5.66. The maximum Gasteiger partial charge on any atom is 0.306 e. The summed E-state index contributed by atoms with van der Waals surface area (Å²) in [6.45, 7) is 4.11. The summed E-state index contributed by atoms with van der Waals surface area (Å²) in [5.74, 6) is -0.599. The quantitative estimate of drug-likeness (QED) is 0.0416. The molecule has 0 aliphatic rings. The number of unbranched alkanes of at least 4 members (excludes halogenated alkanes) is 24. The number of allylic oxidation sites excluding steroid dienone is 4. The summed E-state index contributed by atoms with van der Waals surface area (Å²) >= 11 is 0. The van der Waals surface area contributed by atoms with E-state index in [0.29, 0.717) is 12.8 Å². The zero-order valence-electron chi connectivity index (χ0n) is 30.6. The van der Waals surface area contributed by atoms with Crippen molar-refractivity contribution in [3.63, 3.8) is 0 Å². The van der Waals surface area contributed by atoms with Crippen molar-refractivity contribution < 1.29 is 24.2 Å². The number of esters is 2. The first-order valence-electron chi connectivity index (χ1n) is 19.9. The summed E-state index contributed by atoms with van der Waals surface area (Å²) in [5.41, 5.74) is 0. The second-order valence-electron chi connectivity index (χ2n) is 13.4. The maximum absolute atomic E-state index is 12.2. The Labute approximate surface area is 285 Å². The molecule has 46 heavy (non-hydrogen) atoms. The SMILES string of the molecule is CCCCCC/C=C/CCCCCCCC(=O)OC[C@H](CO)OC(=O)CCCCCCCCCCC/C=C/CCCCCCCC. The van der Waals surface area contributed by atoms with E-state index in [-0.39, 0.29) is 25.2 Å². The lowest BCUT2D eigenvalue weighted by Crippen LogP contribution is -2.28. The predicted octanol–water partition coefficient (Wildman–Crippen LogP) is 12.3. The zero-order valence-corrected chi connectivity index (χ0v) is 30.6. The lowest BCUT2D eigenvalue weighted by molar-refractivity contribution is -0.161. The van der Waals surface area contributed by atoms with Crippen molar-refractivity contribution in [1.29, 1.82) is 0 Å². The van der Waals surface area contributed by atoms with E-state index in [1.165, 1.54) is 135 Å². The van der Waals surface area contributed by atoms with Gasteiger partial charge in [0.25, 0.3) is 0 Å². The number of hydrogen-bond donors (Lipinski definition) is 1. The van der Waals surface area contributed by atoms with Gasteiger partial charge in [0.1, 0.15) is 6.61 Å². The second-order valence-corrected chi connectivity index (χ2v) is 13.4. The number of hydrogen-bond acceptors (Lipinski definition) is 5. The maximum atomic E-state index is 12.2. The van der Waals surface area contributed by atoms with Crippen LogP contribution in [0.15, 0.2) is 24.3 Å². The molecular formula is C41H76O5. The molecule has 5 heteroatoms. The molecule has 0 bridgehead atoms. The zero-order chi connectivity index (χ0) is 33.6. The van der Waals surface area contributed by atoms with Crippen LogP contribution >= 0.6 is 0 Å². The summed E-state index contributed by atoms with van der Waals surface area (Å²) in [4.78, 5) is 24.2. The van der Waals surface area contributed by atoms with Crippen LogP contribution in [-0.2, 0) is 19.1 Å². The Balaban J connectivity index is 3.53. The van der Waals surface area contributed by atoms with Crippen molar-refractivity contribution in [2.45, 2.75) is 213 Å². The van der Waals surface area contributed by atoms with Crippen molar-refractivity contribution in [3.8, 4) is 0 Å². The highest BCUT2D eigenvalue weighted by molar-refractivity contribution is 5.70. The molecule has 5 nitrogen and oxygen atoms in total. The number of aliphatic hydroxyl groups is 1. The predicted molar refractivity (Wildman–Crippen MR) is 196 cm³/mol. The van der Waals surface area contributed by atoms with Gasteiger partial charge in [-0.05, 0) is 64.2 Å². The molecule has 0 rings (SSSR count). The standard InChI is InChI=1S/C41H76O5/c1-3-5-7-9-11-13-15-17-18-19-20-21-22-24-26-28-30-32-34-36-41(44)46-39(37-42)38-45-40(43)35-33-31-29-27-25-23-16-14-12-10-8-6-4-2/h14,16-18,39,42H,3-13,15,19-38H2,1-2H3/b16-14+,18-17+/t39-/m0/s1. The third-order valence-corrected chi connectivity index (χ3v) is 8.72. The van der Waals surface area contributed by atoms with Crippen LogP contribution in [0.2, 0.25) is 0 Å². The van der Waals surface area contributed by atoms with Crippen LogP contribution in [0, 0.1) is 0 Å². The Hall–Kier alpha value is -1.62. The molecule has 0 aliphatic carbocycles. The molecule has 0 saturated carbocycles. The average Bonchev–Trinajstić information content (AvgIpc) is 3.06. The van der Waals surface area contributed by atoms with Gasteiger partial charge < -0.3 is 14.6 Å². The van der Waals surface area contributed by atoms with E-state index in [1.807, 2.05) is 0 Å². The number of rotatable bonds is 36. The molecular weight excluding hydrogens is 572 g/mol. The van der Waals surface area contributed by atoms with Gasteiger partial charge in [-0.25, -0.2) is 0 Å². The van der Waals surface area contributed by atoms with Crippen LogP contribution in [0.25, 0.3) is 0 Å². The minimum Gasteiger partial charge on any atom is -0.462 e. The first kappa shape index (κ1) is 44.4. The van der Waals surface area contributed by atoms with Gasteiger partial charge in [-0.3, -0.25) is 9.59 Å². The first-order valence-corrected chi connectivity index (χ1v) is 19.9. The van der Waals surface area contributed by atoms with Crippen LogP contribution in [0.1, 0.15) is 206 Å². The van der Waals surface area contributed by atoms with Crippen LogP contribution in [-0.4, -0.2) is 36.4 Å². The molecule has 0 heterocycles. The highest BCUT2D eigenvalue weighted by Gasteiger charge is 2.16. The number of ether oxygens (including phenoxy) is 2. The minimum atomic E-state index is -0.771. The van der Waals surface area contributed by atoms with E-state index in [2.05, 4.69) is 38.2 Å². The van der Waals surface area contributed by atoms with Crippen molar-refractivity contribution in [2.24, 2.45) is 0 Å². The summed E-state index contributed by atoms with van der Waals surface area (Å²) < 4.78 is 10.6. The van der Waals surface area contributed by atoms with Gasteiger partial charge in [-0.2, -0.15) is 0 Å². The molecule has 0 aliphatic heterocycles. The van der Waals surface area contributed by atoms with Crippen molar-refractivity contribution in [3.05, 3.63) is 24.3 Å². The van der Waals surface area contributed by atoms with E-state index in [0.717, 1.165) is 44.9 Å². The van der Waals surface area contributed by atoms with Crippen molar-refractivity contribution >= 4 is 11.9 Å². The highest BCUT2D eigenvalue weighted by Crippen LogP contribution is 2.14. The Morgan fingerprint density at radius 2 is 0.804 bits per heavy atom. The minimum absolute atomic E-state index is 0.0681. The lowest BCUT2D eigenvalue weighted by atomic mass is 10.1.